The molecule has 0 saturated heterocycles. The number of hydrogen-bond acceptors (Lipinski definition) is 17. The fourth-order valence-corrected chi connectivity index (χ4v) is 42.6. The molecule has 0 aromatic carbocycles. The Balaban J connectivity index is 0.000000106. The van der Waals surface area contributed by atoms with Gasteiger partial charge < -0.3 is 30.3 Å². The van der Waals surface area contributed by atoms with Crippen LogP contribution in [-0.2, 0) is 37.5 Å². The van der Waals surface area contributed by atoms with E-state index in [1.165, 1.54) is 246 Å². The van der Waals surface area contributed by atoms with Gasteiger partial charge in [-0.2, -0.15) is 64.8 Å². The molecule has 5 N–H and O–H groups in total. The van der Waals surface area contributed by atoms with Gasteiger partial charge in [-0.15, -0.1) is 10.2 Å². The highest BCUT2D eigenvalue weighted by molar-refractivity contribution is 6.30. The van der Waals surface area contributed by atoms with Gasteiger partial charge in [0.25, 0.3) is 6.43 Å². The number of nitrogens with zero attached hydrogens (tertiary/aromatic N) is 16. The monoisotopic (exact) mass is 2080 g/mol. The lowest BCUT2D eigenvalue weighted by atomic mass is 9.48. The molecule has 0 aliphatic heterocycles. The van der Waals surface area contributed by atoms with Crippen molar-refractivity contribution >= 4 is 11.6 Å². The molecule has 22 nitrogen and oxygen atoms in total. The van der Waals surface area contributed by atoms with Gasteiger partial charge in [0.15, 0.2) is 6.33 Å². The molecule has 0 amide bonds. The highest BCUT2D eigenvalue weighted by Crippen LogP contribution is 2.73. The highest BCUT2D eigenvalue weighted by atomic mass is 35.5. The van der Waals surface area contributed by atoms with Gasteiger partial charge in [-0.1, -0.05) is 113 Å². The average Bonchev–Trinajstić information content (AvgIpc) is 1.55. The lowest BCUT2D eigenvalue weighted by molar-refractivity contribution is -0.159. The normalized spacial score (nSPS) is 45.8. The number of ether oxygens (including phenoxy) is 1. The van der Waals surface area contributed by atoms with Crippen LogP contribution in [-0.4, -0.2) is 154 Å². The Kier molecular flexibility index (Phi) is 30.8. The zero-order valence-corrected chi connectivity index (χ0v) is 92.9. The molecule has 25 heteroatoms. The molecule has 21 saturated carbocycles. The van der Waals surface area contributed by atoms with Crippen molar-refractivity contribution in [3.63, 3.8) is 0 Å². The van der Waals surface area contributed by atoms with E-state index >= 15 is 0 Å². The third-order valence-electron chi connectivity index (χ3n) is 49.0. The Morgan fingerprint density at radius 3 is 0.933 bits per heavy atom. The zero-order chi connectivity index (χ0) is 104. The molecule has 150 heavy (non-hydrogen) atoms. The summed E-state index contributed by atoms with van der Waals surface area (Å²) in [5, 5.41) is 103. The van der Waals surface area contributed by atoms with Crippen LogP contribution >= 0.6 is 11.6 Å². The van der Waals surface area contributed by atoms with E-state index in [9.17, 15) is 34.3 Å². The van der Waals surface area contributed by atoms with E-state index in [0.29, 0.717) is 125 Å². The number of alkyl halides is 2. The molecule has 5 aromatic heterocycles. The van der Waals surface area contributed by atoms with E-state index in [0.717, 1.165) is 197 Å². The molecule has 5 aromatic rings. The van der Waals surface area contributed by atoms with Crippen LogP contribution in [0.4, 0.5) is 8.78 Å². The molecule has 40 atom stereocenters. The molecular formula is C125H183ClF2N16O6. The van der Waals surface area contributed by atoms with Crippen LogP contribution in [0.1, 0.15) is 343 Å². The molecule has 0 radical (unpaired) electrons. The minimum Gasteiger partial charge on any atom is -0.390 e. The van der Waals surface area contributed by atoms with Gasteiger partial charge in [0, 0.05) is 18.4 Å². The predicted molar refractivity (Wildman–Crippen MR) is 579 cm³/mol. The molecule has 820 valence electrons. The lowest BCUT2D eigenvalue weighted by Crippen LogP contribution is -2.52. The van der Waals surface area contributed by atoms with Crippen LogP contribution in [0.5, 0.6) is 0 Å². The van der Waals surface area contributed by atoms with Crippen molar-refractivity contribution < 1.29 is 39.1 Å². The van der Waals surface area contributed by atoms with Crippen molar-refractivity contribution in [3.05, 3.63) is 117 Å². The average molecular weight is 2080 g/mol. The number of tetrazole rings is 1. The van der Waals surface area contributed by atoms with Crippen LogP contribution in [0.3, 0.4) is 0 Å². The van der Waals surface area contributed by atoms with Gasteiger partial charge in [-0.05, 0) is 530 Å². The second-order valence-electron chi connectivity index (χ2n) is 56.1. The first-order valence-electron chi connectivity index (χ1n) is 60.5. The quantitative estimate of drug-likeness (QED) is 0.0403. The fourth-order valence-electron chi connectivity index (χ4n) is 42.5. The SMILES string of the molecule is C=C(Cn1nccn1)[C@H]1CC[C@H]2[C@@H]3CC[C@H]4C[C@@](O)(C#CC5CC5)CC[C@@H]4[C@H]3CC[C@]12C.C=C(Cn1nccn1)[C@H]1CC[C@H]2[C@@H]3CC[C@H]4C[C@@](O)(C#CCl)CC[C@@H]4[C@H]3CC[C@]12C.C=C(Cn1nccn1)[C@H]1CC[C@H]2[C@@H]3CC[C@H]4C[C@@](O)(C(F)F)CC[C@@H]4[C@H]3CC[C@]12C.C=C(Cn1nccn1)[C@H]1CC[C@H]2[C@@H]3CC[C@H]4C[C@@](O)(COC)CC[C@@H]4[C@H]3CC[C@]12C.C=C(Cn1ncnn1)[C@H]1CC[C@H]2[C@@H]3CC[C@H]4C[C@](C)(O)CC[C@@H]4[C@H]3CC[C@]12C. The molecule has 5 heterocycles. The summed E-state index contributed by atoms with van der Waals surface area (Å²) in [6.45, 7) is 41.4. The largest absolute Gasteiger partial charge is 0.390 e. The molecular weight excluding hydrogens is 1890 g/mol. The van der Waals surface area contributed by atoms with Crippen LogP contribution in [0.25, 0.3) is 0 Å². The van der Waals surface area contributed by atoms with Crippen molar-refractivity contribution in [3.8, 4) is 23.1 Å². The number of halogens is 3. The number of fused-ring (bicyclic) bond motifs is 25. The van der Waals surface area contributed by atoms with Crippen molar-refractivity contribution in [2.75, 3.05) is 13.7 Å². The first-order chi connectivity index (χ1) is 72.0. The first-order valence-corrected chi connectivity index (χ1v) is 60.9. The third-order valence-corrected chi connectivity index (χ3v) is 49.1. The predicted octanol–water partition coefficient (Wildman–Crippen LogP) is 24.1. The Bertz CT molecular complexity index is 5640. The molecule has 21 fully saturated rings. The summed E-state index contributed by atoms with van der Waals surface area (Å²) in [7, 11) is 1.72. The smallest absolute Gasteiger partial charge is 0.266 e. The topological polar surface area (TPSA) is 277 Å². The maximum atomic E-state index is 13.4. The van der Waals surface area contributed by atoms with E-state index < -0.39 is 34.4 Å². The number of hydrogen-bond donors (Lipinski definition) is 5. The Morgan fingerprint density at radius 2 is 0.620 bits per heavy atom. The number of aromatic nitrogens is 16. The summed E-state index contributed by atoms with van der Waals surface area (Å²) < 4.78 is 32.2. The van der Waals surface area contributed by atoms with Gasteiger partial charge >= 0.3 is 0 Å². The molecule has 21 aliphatic rings. The minimum atomic E-state index is -2.61. The maximum Gasteiger partial charge on any atom is 0.266 e. The van der Waals surface area contributed by atoms with Gasteiger partial charge in [0.05, 0.1) is 100 Å². The summed E-state index contributed by atoms with van der Waals surface area (Å²) in [5.74, 6) is 32.3. The highest BCUT2D eigenvalue weighted by Gasteiger charge is 2.66. The van der Waals surface area contributed by atoms with Crippen LogP contribution in [0.15, 0.2) is 117 Å². The maximum absolute atomic E-state index is 13.4. The first kappa shape index (κ1) is 108. The van der Waals surface area contributed by atoms with E-state index in [-0.39, 0.29) is 17.8 Å². The van der Waals surface area contributed by atoms with Crippen LogP contribution in [0, 0.1) is 234 Å². The minimum absolute atomic E-state index is 0.271. The van der Waals surface area contributed by atoms with Crippen molar-refractivity contribution in [1.29, 1.82) is 0 Å². The van der Waals surface area contributed by atoms with E-state index in [1.54, 1.807) is 80.7 Å². The summed E-state index contributed by atoms with van der Waals surface area (Å²) in [4.78, 5) is 8.79. The summed E-state index contributed by atoms with van der Waals surface area (Å²) in [5.41, 5.74) is 4.07. The Hall–Kier alpha value is -6.64. The van der Waals surface area contributed by atoms with E-state index in [2.05, 4.69) is 154 Å². The van der Waals surface area contributed by atoms with Crippen LogP contribution < -0.4 is 0 Å². The van der Waals surface area contributed by atoms with E-state index in [4.69, 9.17) is 16.3 Å². The number of methoxy groups -OCH3 is 1. The zero-order valence-electron chi connectivity index (χ0n) is 92.1. The van der Waals surface area contributed by atoms with Crippen molar-refractivity contribution in [2.24, 2.45) is 211 Å². The molecule has 21 aliphatic carbocycles. The number of aliphatic hydroxyl groups is 5. The summed E-state index contributed by atoms with van der Waals surface area (Å²) >= 11 is 5.63. The molecule has 0 unspecified atom stereocenters. The second kappa shape index (κ2) is 42.9. The van der Waals surface area contributed by atoms with Gasteiger partial charge in [0.2, 0.25) is 0 Å². The standard InChI is InChI=1S/C28H39N3O.C25H34ClN3O.C25H39N3O2.C24H35F2N3O.C23H36N4O/c1-19(18-31-29-15-16-30-31)25-7-8-26-24-6-5-21-17-28(32,13-9-20-3-4-20)14-11-22(21)23(24)10-12-27(25,26)2;1-17(16-29-27-13-14-28-29)22-5-6-23-21-4-3-18-15-25(30,11-12-26)10-8-19(18)20(21)7-9-24(22,23)2;1-17(15-28-26-12-13-27-28)22-6-7-23-21-5-4-18-14-25(29,16-30-3)11-9-19(18)20(21)8-10-24(22,23)2;1-15(14-29-27-11-12-28-29)20-5-6-21-19-4-3-16-13-24(30,22(25)26)10-8-17(16)18(19)7-9-23(20,21)2;1-15(13-27-25-14-24-26-27)20-6-7-21-19-5-4-16-12-22(2,28)10-8-17(16)18(19)9-11-23(20,21)3/h15-16,20-26,32H,1,3-8,10-12,14,17-18H2,2H3;13-14,18-23,30H,1,3-10,15-16H2,2H3;12-13,18-23,29H,1,4-11,14-16H2,2-3H3;11-12,16-22,30H,1,3-10,13-14H2,2H3;14,16-21,28H,1,4-13H2,2-3H3/t21-,22-,23+,24+,25+,26-,27+,28+;18-,19-,20+,21+,22+,23-,24+,25-;18-,19-,20+,21+,22+,23-,24+,25+;16-,17-,18+,19+,20+,21-,23+,24+;16-,17-,18+,19+,20+,21-,22+,23+/m00000/s1. The Labute approximate surface area is 899 Å². The van der Waals surface area contributed by atoms with Crippen LogP contribution in [0.2, 0.25) is 0 Å². The second-order valence-corrected chi connectivity index (χ2v) is 56.3. The lowest BCUT2D eigenvalue weighted by Gasteiger charge is -2.57. The fraction of sp³-hybridized carbons (Fsp3) is 0.816. The molecule has 0 spiro atoms. The van der Waals surface area contributed by atoms with E-state index in [1.807, 2.05) is 0 Å². The van der Waals surface area contributed by atoms with Crippen molar-refractivity contribution in [1.82, 2.24) is 80.2 Å². The third kappa shape index (κ3) is 20.7. The number of allylic oxidation sites excluding steroid dienone is 5. The Morgan fingerprint density at radius 1 is 0.327 bits per heavy atom. The molecule has 0 bridgehead atoms. The van der Waals surface area contributed by atoms with Gasteiger partial charge in [0.1, 0.15) is 16.8 Å². The van der Waals surface area contributed by atoms with Crippen molar-refractivity contribution in [2.45, 2.75) is 410 Å². The van der Waals surface area contributed by atoms with Gasteiger partial charge in [-0.3, -0.25) is 0 Å². The summed E-state index contributed by atoms with van der Waals surface area (Å²) in [6.07, 6.45) is 67.7. The summed E-state index contributed by atoms with van der Waals surface area (Å²) in [6, 6.07) is 0. The molecule has 26 rings (SSSR count). The number of rotatable bonds is 18. The van der Waals surface area contributed by atoms with Gasteiger partial charge in [-0.25, -0.2) is 8.78 Å².